The highest BCUT2D eigenvalue weighted by Crippen LogP contribution is 2.14. The van der Waals surface area contributed by atoms with Gasteiger partial charge in [0.05, 0.1) is 6.54 Å². The van der Waals surface area contributed by atoms with Gasteiger partial charge in [0.25, 0.3) is 5.56 Å². The summed E-state index contributed by atoms with van der Waals surface area (Å²) in [4.78, 5) is 37.4. The lowest BCUT2D eigenvalue weighted by Gasteiger charge is -2.11. The zero-order valence-electron chi connectivity index (χ0n) is 18.6. The number of hydrogen-bond donors (Lipinski definition) is 1. The SMILES string of the molecule is O=C(Cn1c(=O)ccn(Cc2ccccc2)c1=O)NCc1ccc(OCc2ccccc2)cc1. The number of ether oxygens (including phenoxy) is 1. The van der Waals surface area contributed by atoms with Gasteiger partial charge in [0.2, 0.25) is 5.91 Å². The van der Waals surface area contributed by atoms with Crippen LogP contribution in [0.25, 0.3) is 0 Å². The molecule has 0 bridgehead atoms. The third kappa shape index (κ3) is 6.10. The van der Waals surface area contributed by atoms with Crippen LogP contribution < -0.4 is 21.3 Å². The molecular formula is C27H25N3O4. The zero-order valence-corrected chi connectivity index (χ0v) is 18.6. The van der Waals surface area contributed by atoms with Gasteiger partial charge < -0.3 is 10.1 Å². The van der Waals surface area contributed by atoms with Gasteiger partial charge in [-0.25, -0.2) is 4.79 Å². The molecule has 1 aromatic heterocycles. The van der Waals surface area contributed by atoms with Gasteiger partial charge in [-0.15, -0.1) is 0 Å². The summed E-state index contributed by atoms with van der Waals surface area (Å²) >= 11 is 0. The van der Waals surface area contributed by atoms with Crippen LogP contribution in [-0.4, -0.2) is 15.0 Å². The fraction of sp³-hybridized carbons (Fsp3) is 0.148. The van der Waals surface area contributed by atoms with Crippen LogP contribution >= 0.6 is 0 Å². The molecule has 1 heterocycles. The number of aromatic nitrogens is 2. The number of hydrogen-bond acceptors (Lipinski definition) is 4. The van der Waals surface area contributed by atoms with E-state index in [9.17, 15) is 14.4 Å². The molecule has 0 unspecified atom stereocenters. The Labute approximate surface area is 196 Å². The van der Waals surface area contributed by atoms with Crippen molar-refractivity contribution in [1.82, 2.24) is 14.5 Å². The predicted molar refractivity (Wildman–Crippen MR) is 130 cm³/mol. The molecule has 0 aliphatic carbocycles. The molecule has 0 atom stereocenters. The van der Waals surface area contributed by atoms with Crippen LogP contribution in [0, 0.1) is 0 Å². The highest BCUT2D eigenvalue weighted by atomic mass is 16.5. The fourth-order valence-electron chi connectivity index (χ4n) is 3.45. The average Bonchev–Trinajstić information content (AvgIpc) is 2.87. The van der Waals surface area contributed by atoms with Crippen LogP contribution in [0.1, 0.15) is 16.7 Å². The van der Waals surface area contributed by atoms with Crippen LogP contribution in [0.5, 0.6) is 5.75 Å². The third-order valence-corrected chi connectivity index (χ3v) is 5.30. The first-order valence-electron chi connectivity index (χ1n) is 10.9. The first kappa shape index (κ1) is 22.8. The molecule has 4 rings (SSSR count). The third-order valence-electron chi connectivity index (χ3n) is 5.30. The summed E-state index contributed by atoms with van der Waals surface area (Å²) in [7, 11) is 0. The average molecular weight is 456 g/mol. The van der Waals surface area contributed by atoms with E-state index in [2.05, 4.69) is 5.32 Å². The van der Waals surface area contributed by atoms with Crippen LogP contribution in [0.4, 0.5) is 0 Å². The Hall–Kier alpha value is -4.39. The van der Waals surface area contributed by atoms with Gasteiger partial charge >= 0.3 is 5.69 Å². The Morgan fingerprint density at radius 2 is 1.41 bits per heavy atom. The predicted octanol–water partition coefficient (Wildman–Crippen LogP) is 2.95. The Kier molecular flexibility index (Phi) is 7.35. The molecule has 34 heavy (non-hydrogen) atoms. The summed E-state index contributed by atoms with van der Waals surface area (Å²) in [5.41, 5.74) is 1.85. The van der Waals surface area contributed by atoms with Gasteiger partial charge in [-0.3, -0.25) is 18.7 Å². The number of benzene rings is 3. The molecule has 0 fully saturated rings. The lowest BCUT2D eigenvalue weighted by Crippen LogP contribution is -2.43. The first-order chi connectivity index (χ1) is 16.6. The molecule has 0 spiro atoms. The number of rotatable bonds is 9. The second-order valence-electron chi connectivity index (χ2n) is 7.83. The Bertz CT molecular complexity index is 1340. The molecule has 0 saturated heterocycles. The molecular weight excluding hydrogens is 430 g/mol. The maximum atomic E-state index is 12.7. The summed E-state index contributed by atoms with van der Waals surface area (Å²) < 4.78 is 8.13. The summed E-state index contributed by atoms with van der Waals surface area (Å²) in [6.45, 7) is 0.730. The largest absolute Gasteiger partial charge is 0.489 e. The van der Waals surface area contributed by atoms with E-state index in [1.165, 1.54) is 16.8 Å². The molecule has 1 N–H and O–H groups in total. The van der Waals surface area contributed by atoms with Crippen molar-refractivity contribution in [2.45, 2.75) is 26.2 Å². The minimum Gasteiger partial charge on any atom is -0.489 e. The Morgan fingerprint density at radius 1 is 0.765 bits per heavy atom. The Morgan fingerprint density at radius 3 is 2.09 bits per heavy atom. The number of carbonyl (C=O) groups excluding carboxylic acids is 1. The minimum atomic E-state index is -0.522. The molecule has 172 valence electrons. The van der Waals surface area contributed by atoms with Crippen molar-refractivity contribution in [3.05, 3.63) is 135 Å². The minimum absolute atomic E-state index is 0.275. The molecule has 7 heteroatoms. The molecule has 0 saturated carbocycles. The van der Waals surface area contributed by atoms with E-state index < -0.39 is 17.2 Å². The molecule has 0 aliphatic rings. The second kappa shape index (κ2) is 11.0. The number of amides is 1. The molecule has 4 aromatic rings. The van der Waals surface area contributed by atoms with E-state index in [1.54, 1.807) is 0 Å². The molecule has 3 aromatic carbocycles. The molecule has 0 radical (unpaired) electrons. The summed E-state index contributed by atoms with van der Waals surface area (Å²) in [5, 5.41) is 2.76. The van der Waals surface area contributed by atoms with Crippen molar-refractivity contribution in [2.75, 3.05) is 0 Å². The van der Waals surface area contributed by atoms with E-state index in [1.807, 2.05) is 84.9 Å². The van der Waals surface area contributed by atoms with Gasteiger partial charge in [-0.05, 0) is 28.8 Å². The van der Waals surface area contributed by atoms with Crippen molar-refractivity contribution in [2.24, 2.45) is 0 Å². The van der Waals surface area contributed by atoms with Crippen LogP contribution in [0.2, 0.25) is 0 Å². The summed E-state index contributed by atoms with van der Waals surface area (Å²) in [5.74, 6) is 0.315. The summed E-state index contributed by atoms with van der Waals surface area (Å²) in [6.07, 6.45) is 1.45. The smallest absolute Gasteiger partial charge is 0.331 e. The van der Waals surface area contributed by atoms with Gasteiger partial charge in [0.15, 0.2) is 0 Å². The topological polar surface area (TPSA) is 82.3 Å². The highest BCUT2D eigenvalue weighted by molar-refractivity contribution is 5.75. The van der Waals surface area contributed by atoms with Gasteiger partial charge in [-0.1, -0.05) is 72.8 Å². The maximum absolute atomic E-state index is 12.7. The quantitative estimate of drug-likeness (QED) is 0.421. The molecule has 1 amide bonds. The highest BCUT2D eigenvalue weighted by Gasteiger charge is 2.10. The van der Waals surface area contributed by atoms with Crippen LogP contribution in [0.15, 0.2) is 107 Å². The van der Waals surface area contributed by atoms with Crippen LogP contribution in [0.3, 0.4) is 0 Å². The van der Waals surface area contributed by atoms with Crippen LogP contribution in [-0.2, 0) is 31.0 Å². The maximum Gasteiger partial charge on any atom is 0.331 e. The lowest BCUT2D eigenvalue weighted by molar-refractivity contribution is -0.121. The van der Waals surface area contributed by atoms with Crippen molar-refractivity contribution < 1.29 is 9.53 Å². The number of nitrogens with one attached hydrogen (secondary N) is 1. The van der Waals surface area contributed by atoms with Gasteiger partial charge in [-0.2, -0.15) is 0 Å². The summed E-state index contributed by atoms with van der Waals surface area (Å²) in [6, 6.07) is 28.0. The van der Waals surface area contributed by atoms with E-state index >= 15 is 0 Å². The van der Waals surface area contributed by atoms with E-state index in [0.717, 1.165) is 27.0 Å². The molecule has 0 aliphatic heterocycles. The first-order valence-corrected chi connectivity index (χ1v) is 10.9. The number of nitrogens with zero attached hydrogens (tertiary/aromatic N) is 2. The van der Waals surface area contributed by atoms with Crippen molar-refractivity contribution in [3.63, 3.8) is 0 Å². The van der Waals surface area contributed by atoms with Crippen molar-refractivity contribution in [1.29, 1.82) is 0 Å². The number of carbonyl (C=O) groups is 1. The van der Waals surface area contributed by atoms with Gasteiger partial charge in [0.1, 0.15) is 18.9 Å². The fourth-order valence-corrected chi connectivity index (χ4v) is 3.45. The normalized spacial score (nSPS) is 10.6. The van der Waals surface area contributed by atoms with E-state index in [0.29, 0.717) is 13.2 Å². The second-order valence-corrected chi connectivity index (χ2v) is 7.83. The standard InChI is InChI=1S/C27H25N3O4/c31-25(19-30-26(32)15-16-29(27(30)33)18-22-7-3-1-4-8-22)28-17-21-11-13-24(14-12-21)34-20-23-9-5-2-6-10-23/h1-16H,17-20H2,(H,28,31). The van der Waals surface area contributed by atoms with Crippen molar-refractivity contribution >= 4 is 5.91 Å². The monoisotopic (exact) mass is 455 g/mol. The van der Waals surface area contributed by atoms with E-state index in [4.69, 9.17) is 4.74 Å². The Balaban J connectivity index is 1.32. The lowest BCUT2D eigenvalue weighted by atomic mass is 10.2. The van der Waals surface area contributed by atoms with Gasteiger partial charge in [0, 0.05) is 18.8 Å². The molecule has 7 nitrogen and oxygen atoms in total. The van der Waals surface area contributed by atoms with Crippen molar-refractivity contribution in [3.8, 4) is 5.75 Å². The zero-order chi connectivity index (χ0) is 23.8. The van der Waals surface area contributed by atoms with E-state index in [-0.39, 0.29) is 13.1 Å².